The van der Waals surface area contributed by atoms with Crippen LogP contribution in [0.3, 0.4) is 0 Å². The lowest BCUT2D eigenvalue weighted by atomic mass is 9.76. The first-order valence-electron chi connectivity index (χ1n) is 7.28. The molecule has 2 atom stereocenters. The number of rotatable bonds is 2. The molecule has 19 heavy (non-hydrogen) atoms. The van der Waals surface area contributed by atoms with Crippen molar-refractivity contribution in [2.24, 2.45) is 11.3 Å². The van der Waals surface area contributed by atoms with Crippen molar-refractivity contribution in [3.8, 4) is 0 Å². The third-order valence-electron chi connectivity index (χ3n) is 4.70. The zero-order valence-corrected chi connectivity index (χ0v) is 12.1. The summed E-state index contributed by atoms with van der Waals surface area (Å²) in [5, 5.41) is 0. The van der Waals surface area contributed by atoms with Crippen molar-refractivity contribution in [2.45, 2.75) is 46.1 Å². The molecule has 104 valence electrons. The van der Waals surface area contributed by atoms with Gasteiger partial charge in [0.15, 0.2) is 5.78 Å². The van der Waals surface area contributed by atoms with Gasteiger partial charge in [-0.1, -0.05) is 13.8 Å². The van der Waals surface area contributed by atoms with Crippen molar-refractivity contribution in [3.63, 3.8) is 0 Å². The predicted molar refractivity (Wildman–Crippen MR) is 74.5 cm³/mol. The summed E-state index contributed by atoms with van der Waals surface area (Å²) < 4.78 is 7.83. The second-order valence-corrected chi connectivity index (χ2v) is 6.89. The van der Waals surface area contributed by atoms with E-state index in [1.807, 2.05) is 6.07 Å². The number of nitrogens with zero attached hydrogens (tertiary/aromatic N) is 1. The first kappa shape index (κ1) is 12.9. The van der Waals surface area contributed by atoms with Crippen LogP contribution in [0.2, 0.25) is 0 Å². The Kier molecular flexibility index (Phi) is 3.05. The smallest absolute Gasteiger partial charge is 0.165 e. The number of carbonyl (C=O) groups is 1. The molecule has 0 spiro atoms. The Balaban J connectivity index is 1.94. The molecule has 1 aliphatic heterocycles. The van der Waals surface area contributed by atoms with Gasteiger partial charge in [0.05, 0.1) is 6.61 Å². The molecule has 1 aliphatic carbocycles. The van der Waals surface area contributed by atoms with E-state index in [1.54, 1.807) is 0 Å². The van der Waals surface area contributed by atoms with Crippen LogP contribution in [0.4, 0.5) is 0 Å². The van der Waals surface area contributed by atoms with Gasteiger partial charge in [0.25, 0.3) is 0 Å². The molecule has 3 heteroatoms. The van der Waals surface area contributed by atoms with Gasteiger partial charge in [-0.15, -0.1) is 0 Å². The Morgan fingerprint density at radius 3 is 2.89 bits per heavy atom. The lowest BCUT2D eigenvalue weighted by Gasteiger charge is -2.32. The first-order valence-corrected chi connectivity index (χ1v) is 7.28. The van der Waals surface area contributed by atoms with Gasteiger partial charge < -0.3 is 9.30 Å². The second-order valence-electron chi connectivity index (χ2n) is 6.89. The minimum absolute atomic E-state index is 0.0894. The van der Waals surface area contributed by atoms with Crippen LogP contribution in [0, 0.1) is 11.3 Å². The van der Waals surface area contributed by atoms with Crippen LogP contribution in [0.1, 0.15) is 55.7 Å². The van der Waals surface area contributed by atoms with Crippen LogP contribution in [-0.2, 0) is 11.2 Å². The van der Waals surface area contributed by atoms with Crippen molar-refractivity contribution in [2.75, 3.05) is 13.2 Å². The molecule has 0 amide bonds. The molecule has 3 rings (SSSR count). The molecule has 0 N–H and O–H groups in total. The number of fused-ring (bicyclic) bond motifs is 1. The molecule has 0 bridgehead atoms. The van der Waals surface area contributed by atoms with Crippen molar-refractivity contribution in [1.29, 1.82) is 0 Å². The average Bonchev–Trinajstić information content (AvgIpc) is 2.94. The fraction of sp³-hybridized carbons (Fsp3) is 0.688. The quantitative estimate of drug-likeness (QED) is 0.818. The predicted octanol–water partition coefficient (Wildman–Crippen LogP) is 3.24. The summed E-state index contributed by atoms with van der Waals surface area (Å²) in [4.78, 5) is 12.2. The maximum Gasteiger partial charge on any atom is 0.165 e. The fourth-order valence-electron chi connectivity index (χ4n) is 3.51. The van der Waals surface area contributed by atoms with Gasteiger partial charge in [0.2, 0.25) is 0 Å². The molecule has 1 aromatic heterocycles. The Morgan fingerprint density at radius 1 is 1.42 bits per heavy atom. The van der Waals surface area contributed by atoms with E-state index in [9.17, 15) is 4.79 Å². The summed E-state index contributed by atoms with van der Waals surface area (Å²) in [5.41, 5.74) is 2.28. The number of aromatic nitrogens is 1. The van der Waals surface area contributed by atoms with E-state index in [-0.39, 0.29) is 5.41 Å². The highest BCUT2D eigenvalue weighted by Crippen LogP contribution is 2.38. The van der Waals surface area contributed by atoms with Gasteiger partial charge in [-0.3, -0.25) is 4.79 Å². The lowest BCUT2D eigenvalue weighted by Crippen LogP contribution is -2.29. The Hall–Kier alpha value is -1.09. The van der Waals surface area contributed by atoms with Crippen molar-refractivity contribution in [3.05, 3.63) is 23.5 Å². The molecule has 1 saturated heterocycles. The third kappa shape index (κ3) is 2.25. The number of hydrogen-bond acceptors (Lipinski definition) is 2. The largest absolute Gasteiger partial charge is 0.381 e. The van der Waals surface area contributed by atoms with Crippen LogP contribution in [-0.4, -0.2) is 23.6 Å². The number of carbonyl (C=O) groups excluding carboxylic acids is 1. The van der Waals surface area contributed by atoms with Crippen LogP contribution in [0.25, 0.3) is 0 Å². The maximum absolute atomic E-state index is 12.2. The summed E-state index contributed by atoms with van der Waals surface area (Å²) in [7, 11) is 0. The molecule has 1 aromatic rings. The summed E-state index contributed by atoms with van der Waals surface area (Å²) in [5.74, 6) is 0.886. The van der Waals surface area contributed by atoms with Gasteiger partial charge in [0, 0.05) is 42.4 Å². The Labute approximate surface area is 114 Å². The molecule has 2 unspecified atom stereocenters. The van der Waals surface area contributed by atoms with Crippen LogP contribution < -0.4 is 0 Å². The van der Waals surface area contributed by atoms with Crippen molar-refractivity contribution >= 4 is 5.78 Å². The lowest BCUT2D eigenvalue weighted by molar-refractivity contribution is 0.0908. The highest BCUT2D eigenvalue weighted by atomic mass is 16.5. The maximum atomic E-state index is 12.2. The van der Waals surface area contributed by atoms with Crippen LogP contribution in [0.5, 0.6) is 0 Å². The molecular formula is C16H23NO2. The average molecular weight is 261 g/mol. The Bertz CT molecular complexity index is 495. The summed E-state index contributed by atoms with van der Waals surface area (Å²) >= 11 is 0. The van der Waals surface area contributed by atoms with E-state index < -0.39 is 0 Å². The first-order chi connectivity index (χ1) is 8.98. The van der Waals surface area contributed by atoms with E-state index >= 15 is 0 Å². The summed E-state index contributed by atoms with van der Waals surface area (Å²) in [6, 6.07) is 2.44. The van der Waals surface area contributed by atoms with E-state index in [1.165, 1.54) is 5.69 Å². The molecule has 2 aliphatic rings. The highest BCUT2D eigenvalue weighted by Gasteiger charge is 2.35. The monoisotopic (exact) mass is 261 g/mol. The highest BCUT2D eigenvalue weighted by molar-refractivity contribution is 5.98. The molecule has 3 nitrogen and oxygen atoms in total. The van der Waals surface area contributed by atoms with E-state index in [0.717, 1.165) is 31.6 Å². The van der Waals surface area contributed by atoms with Crippen molar-refractivity contribution < 1.29 is 9.53 Å². The van der Waals surface area contributed by atoms with E-state index in [0.29, 0.717) is 24.2 Å². The van der Waals surface area contributed by atoms with Gasteiger partial charge in [-0.05, 0) is 31.2 Å². The summed E-state index contributed by atoms with van der Waals surface area (Å²) in [6.07, 6.45) is 4.91. The molecule has 0 saturated carbocycles. The van der Waals surface area contributed by atoms with Gasteiger partial charge in [-0.25, -0.2) is 0 Å². The Morgan fingerprint density at radius 2 is 2.21 bits per heavy atom. The minimum Gasteiger partial charge on any atom is -0.381 e. The van der Waals surface area contributed by atoms with E-state index in [2.05, 4.69) is 31.5 Å². The molecule has 0 radical (unpaired) electrons. The van der Waals surface area contributed by atoms with E-state index in [4.69, 9.17) is 4.74 Å². The topological polar surface area (TPSA) is 31.2 Å². The van der Waals surface area contributed by atoms with Gasteiger partial charge in [0.1, 0.15) is 0 Å². The second kappa shape index (κ2) is 4.48. The molecule has 1 fully saturated rings. The minimum atomic E-state index is 0.0894. The fourth-order valence-corrected chi connectivity index (χ4v) is 3.51. The van der Waals surface area contributed by atoms with Gasteiger partial charge >= 0.3 is 0 Å². The molecule has 2 heterocycles. The van der Waals surface area contributed by atoms with Gasteiger partial charge in [-0.2, -0.15) is 0 Å². The zero-order valence-electron chi connectivity index (χ0n) is 12.1. The number of ketones is 1. The number of ether oxygens (including phenoxy) is 1. The molecule has 0 aromatic carbocycles. The molecular weight excluding hydrogens is 238 g/mol. The SMILES string of the molecule is CC(C1CCOC1)n1ccc2c1CC(C)(C)CC2=O. The number of Topliss-reactive ketones (excluding diaryl/α,β-unsaturated/α-hetero) is 1. The van der Waals surface area contributed by atoms with Crippen LogP contribution >= 0.6 is 0 Å². The zero-order chi connectivity index (χ0) is 13.6. The van der Waals surface area contributed by atoms with Crippen LogP contribution in [0.15, 0.2) is 12.3 Å². The summed E-state index contributed by atoms with van der Waals surface area (Å²) in [6.45, 7) is 8.36. The third-order valence-corrected chi connectivity index (χ3v) is 4.70. The normalized spacial score (nSPS) is 27.3. The van der Waals surface area contributed by atoms with Crippen molar-refractivity contribution in [1.82, 2.24) is 4.57 Å². The standard InChI is InChI=1S/C16H23NO2/c1-11(12-5-7-19-10-12)17-6-4-13-14(17)8-16(2,3)9-15(13)18/h4,6,11-12H,5,7-10H2,1-3H3. The number of hydrogen-bond donors (Lipinski definition) is 0.